The normalized spacial score (nSPS) is 14.6. The van der Waals surface area contributed by atoms with Crippen LogP contribution in [-0.2, 0) is 6.18 Å². The van der Waals surface area contributed by atoms with Crippen LogP contribution in [0.25, 0.3) is 0 Å². The highest BCUT2D eigenvalue weighted by Crippen LogP contribution is 2.44. The number of thiazole rings is 1. The number of hydrogen-bond acceptors (Lipinski definition) is 11. The number of rotatable bonds is 6. The molecule has 1 aromatic heterocycles. The Bertz CT molecular complexity index is 1330. The van der Waals surface area contributed by atoms with Gasteiger partial charge < -0.3 is 23.7 Å². The van der Waals surface area contributed by atoms with Crippen molar-refractivity contribution >= 4 is 39.6 Å². The summed E-state index contributed by atoms with van der Waals surface area (Å²) in [5.74, 6) is 2.32. The van der Waals surface area contributed by atoms with Crippen LogP contribution in [0.3, 0.4) is 0 Å². The zero-order chi connectivity index (χ0) is 25.6. The number of anilines is 2. The number of halogens is 4. The lowest BCUT2D eigenvalue weighted by molar-refractivity contribution is -0.140. The van der Waals surface area contributed by atoms with Crippen molar-refractivity contribution in [2.75, 3.05) is 38.4 Å². The number of hydrazone groups is 1. The standard InChI is InChI=1S/C21H17ClF3N5O5S/c1-31-14-7-11(8-15(32-2)16(14)33-3)29-27-19(10-4-5-12-13(6-10)35-9-34-12)28-30(29)20-26-17(18(22)36-20)21(23,24)25/h4-8H,9H2,1-3H3,(H,27,28). The summed E-state index contributed by atoms with van der Waals surface area (Å²) in [5.41, 5.74) is 2.73. The van der Waals surface area contributed by atoms with Gasteiger partial charge in [-0.3, -0.25) is 5.43 Å². The molecule has 0 unspecified atom stereocenters. The van der Waals surface area contributed by atoms with E-state index in [0.29, 0.717) is 57.2 Å². The largest absolute Gasteiger partial charge is 0.493 e. The highest BCUT2D eigenvalue weighted by atomic mass is 35.5. The number of amidine groups is 1. The Kier molecular flexibility index (Phi) is 6.00. The molecule has 10 nitrogen and oxygen atoms in total. The van der Waals surface area contributed by atoms with Crippen molar-refractivity contribution < 1.29 is 36.9 Å². The van der Waals surface area contributed by atoms with E-state index in [4.69, 9.17) is 35.3 Å². The van der Waals surface area contributed by atoms with E-state index in [1.807, 2.05) is 0 Å². The first-order valence-corrected chi connectivity index (χ1v) is 11.3. The predicted molar refractivity (Wildman–Crippen MR) is 125 cm³/mol. The van der Waals surface area contributed by atoms with Crippen LogP contribution in [0, 0.1) is 0 Å². The molecule has 0 saturated carbocycles. The molecule has 5 rings (SSSR count). The summed E-state index contributed by atoms with van der Waals surface area (Å²) in [6, 6.07) is 8.30. The Labute approximate surface area is 211 Å². The van der Waals surface area contributed by atoms with Gasteiger partial charge in [-0.15, -0.1) is 15.3 Å². The maximum Gasteiger partial charge on any atom is 0.435 e. The Morgan fingerprint density at radius 1 is 1.03 bits per heavy atom. The van der Waals surface area contributed by atoms with E-state index in [1.165, 1.54) is 31.6 Å². The van der Waals surface area contributed by atoms with E-state index in [2.05, 4.69) is 15.5 Å². The zero-order valence-electron chi connectivity index (χ0n) is 18.8. The van der Waals surface area contributed by atoms with Gasteiger partial charge in [0.1, 0.15) is 4.34 Å². The topological polar surface area (TPSA) is 89.9 Å². The van der Waals surface area contributed by atoms with Gasteiger partial charge in [-0.25, -0.2) is 4.98 Å². The summed E-state index contributed by atoms with van der Waals surface area (Å²) in [4.78, 5) is 3.72. The first-order chi connectivity index (χ1) is 17.2. The molecule has 2 aromatic carbocycles. The third-order valence-electron chi connectivity index (χ3n) is 5.15. The number of hydrogen-bond donors (Lipinski definition) is 1. The van der Waals surface area contributed by atoms with E-state index in [0.717, 1.165) is 0 Å². The van der Waals surface area contributed by atoms with Gasteiger partial charge >= 0.3 is 6.18 Å². The molecule has 2 aliphatic rings. The van der Waals surface area contributed by atoms with Gasteiger partial charge in [0, 0.05) is 17.7 Å². The molecule has 0 atom stereocenters. The quantitative estimate of drug-likeness (QED) is 0.476. The van der Waals surface area contributed by atoms with Crippen LogP contribution in [0.5, 0.6) is 28.7 Å². The van der Waals surface area contributed by atoms with Gasteiger partial charge in [-0.1, -0.05) is 22.9 Å². The number of hydrazine groups is 2. The minimum Gasteiger partial charge on any atom is -0.493 e. The Hall–Kier alpha value is -3.78. The van der Waals surface area contributed by atoms with Crippen LogP contribution in [0.1, 0.15) is 11.3 Å². The van der Waals surface area contributed by atoms with Crippen LogP contribution in [0.15, 0.2) is 35.4 Å². The molecular formula is C21H17ClF3N5O5S. The summed E-state index contributed by atoms with van der Waals surface area (Å²) in [7, 11) is 4.34. The van der Waals surface area contributed by atoms with E-state index in [1.54, 1.807) is 30.3 Å². The van der Waals surface area contributed by atoms with E-state index in [9.17, 15) is 13.2 Å². The average Bonchev–Trinajstić information content (AvgIpc) is 3.59. The Morgan fingerprint density at radius 2 is 1.72 bits per heavy atom. The number of fused-ring (bicyclic) bond motifs is 1. The van der Waals surface area contributed by atoms with E-state index >= 15 is 0 Å². The zero-order valence-corrected chi connectivity index (χ0v) is 20.4. The highest BCUT2D eigenvalue weighted by molar-refractivity contribution is 7.19. The molecule has 36 heavy (non-hydrogen) atoms. The predicted octanol–water partition coefficient (Wildman–Crippen LogP) is 4.68. The van der Waals surface area contributed by atoms with Crippen molar-refractivity contribution in [3.63, 3.8) is 0 Å². The van der Waals surface area contributed by atoms with Crippen LogP contribution in [0.2, 0.25) is 4.34 Å². The third-order valence-corrected chi connectivity index (χ3v) is 6.38. The summed E-state index contributed by atoms with van der Waals surface area (Å²) in [6.07, 6.45) is -4.73. The maximum atomic E-state index is 13.4. The maximum absolute atomic E-state index is 13.4. The molecule has 1 N–H and O–H groups in total. The Morgan fingerprint density at radius 3 is 2.33 bits per heavy atom. The lowest BCUT2D eigenvalue weighted by atomic mass is 10.2. The molecule has 0 radical (unpaired) electrons. The lowest BCUT2D eigenvalue weighted by Gasteiger charge is -2.26. The lowest BCUT2D eigenvalue weighted by Crippen LogP contribution is -2.44. The molecule has 2 aliphatic heterocycles. The van der Waals surface area contributed by atoms with Gasteiger partial charge in [0.25, 0.3) is 0 Å². The van der Waals surface area contributed by atoms with Gasteiger partial charge in [-0.2, -0.15) is 13.2 Å². The summed E-state index contributed by atoms with van der Waals surface area (Å²) < 4.78 is 66.7. The molecule has 15 heteroatoms. The van der Waals surface area contributed by atoms with Crippen LogP contribution in [-0.4, -0.2) is 38.9 Å². The second-order valence-corrected chi connectivity index (χ2v) is 8.81. The van der Waals surface area contributed by atoms with Crippen molar-refractivity contribution in [3.05, 3.63) is 45.9 Å². The smallest absolute Gasteiger partial charge is 0.435 e. The number of nitrogens with one attached hydrogen (secondary N) is 1. The molecular weight excluding hydrogens is 527 g/mol. The van der Waals surface area contributed by atoms with Crippen LogP contribution in [0.4, 0.5) is 24.0 Å². The highest BCUT2D eigenvalue weighted by Gasteiger charge is 2.40. The van der Waals surface area contributed by atoms with Gasteiger partial charge in [0.15, 0.2) is 34.5 Å². The van der Waals surface area contributed by atoms with Crippen LogP contribution < -0.4 is 39.3 Å². The summed E-state index contributed by atoms with van der Waals surface area (Å²) in [6.45, 7) is 0.0835. The number of nitrogens with zero attached hydrogens (tertiary/aromatic N) is 4. The first kappa shape index (κ1) is 23.9. The number of methoxy groups -OCH3 is 3. The molecule has 0 aliphatic carbocycles. The molecule has 0 saturated heterocycles. The number of benzene rings is 2. The van der Waals surface area contributed by atoms with Gasteiger partial charge in [-0.05, 0) is 18.2 Å². The molecule has 190 valence electrons. The van der Waals surface area contributed by atoms with E-state index < -0.39 is 16.2 Å². The Balaban J connectivity index is 1.62. The molecule has 0 spiro atoms. The molecule has 0 fully saturated rings. The van der Waals surface area contributed by atoms with Crippen molar-refractivity contribution in [1.82, 2.24) is 10.4 Å². The third kappa shape index (κ3) is 4.11. The number of ether oxygens (including phenoxy) is 5. The summed E-state index contributed by atoms with van der Waals surface area (Å²) >= 11 is 6.53. The molecule has 0 amide bonds. The van der Waals surface area contributed by atoms with Crippen molar-refractivity contribution in [2.45, 2.75) is 6.18 Å². The van der Waals surface area contributed by atoms with Gasteiger partial charge in [0.2, 0.25) is 17.7 Å². The fourth-order valence-electron chi connectivity index (χ4n) is 3.52. The molecule has 3 aromatic rings. The average molecular weight is 544 g/mol. The van der Waals surface area contributed by atoms with Crippen molar-refractivity contribution in [3.8, 4) is 28.7 Å². The molecule has 3 heterocycles. The monoisotopic (exact) mass is 543 g/mol. The first-order valence-electron chi connectivity index (χ1n) is 10.1. The van der Waals surface area contributed by atoms with Crippen molar-refractivity contribution in [1.29, 1.82) is 0 Å². The summed E-state index contributed by atoms with van der Waals surface area (Å²) in [5, 5.41) is 7.00. The SMILES string of the molecule is COc1cc(N2N=C(c3ccc4c(c3)OCO4)NN2c2nc(C(F)(F)F)c(Cl)s2)cc(OC)c1OC. The second-order valence-electron chi connectivity index (χ2n) is 7.23. The number of alkyl halides is 3. The fourth-order valence-corrected chi connectivity index (χ4v) is 4.64. The van der Waals surface area contributed by atoms with Gasteiger partial charge in [0.05, 0.1) is 27.0 Å². The minimum atomic E-state index is -4.73. The fraction of sp³-hybridized carbons (Fsp3) is 0.238. The number of aromatic nitrogens is 1. The molecule has 0 bridgehead atoms. The minimum absolute atomic E-state index is 0.0835. The van der Waals surface area contributed by atoms with Crippen LogP contribution >= 0.6 is 22.9 Å². The van der Waals surface area contributed by atoms with E-state index in [-0.39, 0.29) is 11.9 Å². The van der Waals surface area contributed by atoms with Crippen molar-refractivity contribution in [2.24, 2.45) is 5.10 Å². The second kappa shape index (κ2) is 9.02.